The molecule has 0 saturated heterocycles. The molecule has 1 heterocycles. The Morgan fingerprint density at radius 1 is 1.52 bits per heavy atom. The molecule has 0 radical (unpaired) electrons. The first kappa shape index (κ1) is 15.0. The molecule has 0 aliphatic carbocycles. The fraction of sp³-hybridized carbons (Fsp3) is 0.333. The van der Waals surface area contributed by atoms with Gasteiger partial charge in [0, 0.05) is 11.8 Å². The van der Waals surface area contributed by atoms with Crippen LogP contribution in [0.4, 0.5) is 4.39 Å². The summed E-state index contributed by atoms with van der Waals surface area (Å²) in [6, 6.07) is 5.96. The van der Waals surface area contributed by atoms with Crippen LogP contribution in [0.25, 0.3) is 0 Å². The van der Waals surface area contributed by atoms with Crippen molar-refractivity contribution in [3.63, 3.8) is 0 Å². The number of carbonyl (C=O) groups excluding carboxylic acids is 1. The minimum Gasteiger partial charge on any atom is -0.489 e. The van der Waals surface area contributed by atoms with Crippen LogP contribution < -0.4 is 10.1 Å². The molecule has 5 nitrogen and oxygen atoms in total. The van der Waals surface area contributed by atoms with Crippen molar-refractivity contribution in [3.05, 3.63) is 47.5 Å². The third-order valence-electron chi connectivity index (χ3n) is 3.12. The predicted molar refractivity (Wildman–Crippen MR) is 76.8 cm³/mol. The van der Waals surface area contributed by atoms with Crippen LogP contribution in [-0.4, -0.2) is 28.8 Å². The maximum Gasteiger partial charge on any atom is 0.254 e. The molecule has 0 aliphatic heterocycles. The minimum absolute atomic E-state index is 0.206. The second-order valence-corrected chi connectivity index (χ2v) is 4.72. The van der Waals surface area contributed by atoms with Crippen molar-refractivity contribution in [3.8, 4) is 5.75 Å². The molecule has 6 heteroatoms. The van der Waals surface area contributed by atoms with Crippen molar-refractivity contribution in [2.24, 2.45) is 0 Å². The molecule has 112 valence electrons. The third-order valence-corrected chi connectivity index (χ3v) is 3.12. The van der Waals surface area contributed by atoms with Gasteiger partial charge in [-0.25, -0.2) is 4.39 Å². The number of nitrogens with zero attached hydrogens (tertiary/aromatic N) is 1. The summed E-state index contributed by atoms with van der Waals surface area (Å²) in [7, 11) is 0. The Morgan fingerprint density at radius 3 is 2.95 bits per heavy atom. The van der Waals surface area contributed by atoms with E-state index in [0.29, 0.717) is 30.0 Å². The van der Waals surface area contributed by atoms with Crippen molar-refractivity contribution >= 4 is 5.91 Å². The van der Waals surface area contributed by atoms with E-state index < -0.39 is 0 Å². The first-order valence-corrected chi connectivity index (χ1v) is 6.80. The Labute approximate surface area is 122 Å². The van der Waals surface area contributed by atoms with Crippen molar-refractivity contribution in [1.29, 1.82) is 0 Å². The van der Waals surface area contributed by atoms with Gasteiger partial charge in [-0.3, -0.25) is 9.89 Å². The van der Waals surface area contributed by atoms with Gasteiger partial charge in [-0.2, -0.15) is 5.10 Å². The SMILES string of the molecule is CC[C@H](CNC(=O)c1cn[nH]c1C)Oc1cccc(F)c1. The summed E-state index contributed by atoms with van der Waals surface area (Å²) in [4.78, 5) is 12.0. The molecule has 1 aromatic carbocycles. The molecular weight excluding hydrogens is 273 g/mol. The number of aromatic amines is 1. The van der Waals surface area contributed by atoms with Crippen molar-refractivity contribution in [2.45, 2.75) is 26.4 Å². The van der Waals surface area contributed by atoms with Crippen molar-refractivity contribution < 1.29 is 13.9 Å². The summed E-state index contributed by atoms with van der Waals surface area (Å²) >= 11 is 0. The second kappa shape index (κ2) is 6.88. The van der Waals surface area contributed by atoms with E-state index in [1.54, 1.807) is 19.1 Å². The van der Waals surface area contributed by atoms with E-state index in [2.05, 4.69) is 15.5 Å². The molecule has 1 atom stereocenters. The van der Waals surface area contributed by atoms with Gasteiger partial charge in [0.1, 0.15) is 17.7 Å². The Bertz CT molecular complexity index is 612. The first-order chi connectivity index (χ1) is 10.1. The number of ether oxygens (including phenoxy) is 1. The summed E-state index contributed by atoms with van der Waals surface area (Å²) in [5, 5.41) is 9.32. The van der Waals surface area contributed by atoms with Gasteiger partial charge in [0.25, 0.3) is 5.91 Å². The second-order valence-electron chi connectivity index (χ2n) is 4.72. The van der Waals surface area contributed by atoms with E-state index in [1.807, 2.05) is 6.92 Å². The monoisotopic (exact) mass is 291 g/mol. The maximum atomic E-state index is 13.1. The highest BCUT2D eigenvalue weighted by molar-refractivity contribution is 5.94. The number of aromatic nitrogens is 2. The molecule has 0 aliphatic rings. The number of rotatable bonds is 6. The topological polar surface area (TPSA) is 67.0 Å². The Morgan fingerprint density at radius 2 is 2.33 bits per heavy atom. The van der Waals surface area contributed by atoms with Crippen LogP contribution in [0.3, 0.4) is 0 Å². The molecule has 0 fully saturated rings. The van der Waals surface area contributed by atoms with Crippen LogP contribution in [0.15, 0.2) is 30.5 Å². The Hall–Kier alpha value is -2.37. The van der Waals surface area contributed by atoms with Gasteiger partial charge in [0.05, 0.1) is 18.3 Å². The van der Waals surface area contributed by atoms with Gasteiger partial charge < -0.3 is 10.1 Å². The molecule has 0 unspecified atom stereocenters. The lowest BCUT2D eigenvalue weighted by Crippen LogP contribution is -2.35. The number of amides is 1. The summed E-state index contributed by atoms with van der Waals surface area (Å²) in [5.41, 5.74) is 1.22. The first-order valence-electron chi connectivity index (χ1n) is 6.80. The molecule has 2 aromatic rings. The van der Waals surface area contributed by atoms with Crippen molar-refractivity contribution in [1.82, 2.24) is 15.5 Å². The van der Waals surface area contributed by atoms with Crippen LogP contribution in [0.2, 0.25) is 0 Å². The predicted octanol–water partition coefficient (Wildman–Crippen LogP) is 2.44. The zero-order chi connectivity index (χ0) is 15.2. The number of hydrogen-bond donors (Lipinski definition) is 2. The lowest BCUT2D eigenvalue weighted by Gasteiger charge is -2.18. The fourth-order valence-electron chi connectivity index (χ4n) is 1.88. The summed E-state index contributed by atoms with van der Waals surface area (Å²) in [6.07, 6.45) is 1.96. The molecule has 0 spiro atoms. The Balaban J connectivity index is 1.91. The van der Waals surface area contributed by atoms with E-state index >= 15 is 0 Å². The van der Waals surface area contributed by atoms with E-state index in [-0.39, 0.29) is 17.8 Å². The quantitative estimate of drug-likeness (QED) is 0.859. The molecule has 1 amide bonds. The highest BCUT2D eigenvalue weighted by Crippen LogP contribution is 2.14. The highest BCUT2D eigenvalue weighted by Gasteiger charge is 2.14. The lowest BCUT2D eigenvalue weighted by molar-refractivity contribution is 0.0925. The van der Waals surface area contributed by atoms with Crippen molar-refractivity contribution in [2.75, 3.05) is 6.54 Å². The minimum atomic E-state index is -0.347. The summed E-state index contributed by atoms with van der Waals surface area (Å²) < 4.78 is 18.8. The molecule has 0 bridgehead atoms. The number of H-pyrrole nitrogens is 1. The number of hydrogen-bond acceptors (Lipinski definition) is 3. The highest BCUT2D eigenvalue weighted by atomic mass is 19.1. The van der Waals surface area contributed by atoms with Gasteiger partial charge in [-0.15, -0.1) is 0 Å². The van der Waals surface area contributed by atoms with E-state index in [9.17, 15) is 9.18 Å². The summed E-state index contributed by atoms with van der Waals surface area (Å²) in [5.74, 6) is -0.0986. The third kappa shape index (κ3) is 4.05. The largest absolute Gasteiger partial charge is 0.489 e. The zero-order valence-corrected chi connectivity index (χ0v) is 12.0. The van der Waals surface area contributed by atoms with Gasteiger partial charge in [0.15, 0.2) is 0 Å². The summed E-state index contributed by atoms with van der Waals surface area (Å²) in [6.45, 7) is 4.07. The van der Waals surface area contributed by atoms with E-state index in [0.717, 1.165) is 0 Å². The molecular formula is C15H18FN3O2. The average Bonchev–Trinajstić information content (AvgIpc) is 2.89. The van der Waals surface area contributed by atoms with Crippen LogP contribution in [0, 0.1) is 12.7 Å². The van der Waals surface area contributed by atoms with E-state index in [1.165, 1.54) is 18.3 Å². The normalized spacial score (nSPS) is 12.0. The smallest absolute Gasteiger partial charge is 0.254 e. The molecule has 0 saturated carbocycles. The van der Waals surface area contributed by atoms with Gasteiger partial charge in [0.2, 0.25) is 0 Å². The van der Waals surface area contributed by atoms with Crippen LogP contribution >= 0.6 is 0 Å². The van der Waals surface area contributed by atoms with Gasteiger partial charge in [-0.1, -0.05) is 13.0 Å². The molecule has 1 aromatic heterocycles. The lowest BCUT2D eigenvalue weighted by atomic mass is 10.2. The van der Waals surface area contributed by atoms with Crippen LogP contribution in [0.1, 0.15) is 29.4 Å². The molecule has 2 N–H and O–H groups in total. The molecule has 21 heavy (non-hydrogen) atoms. The maximum absolute atomic E-state index is 13.1. The number of nitrogens with one attached hydrogen (secondary N) is 2. The number of carbonyl (C=O) groups is 1. The van der Waals surface area contributed by atoms with Crippen LogP contribution in [0.5, 0.6) is 5.75 Å². The fourth-order valence-corrected chi connectivity index (χ4v) is 1.88. The van der Waals surface area contributed by atoms with Gasteiger partial charge in [-0.05, 0) is 25.5 Å². The number of aryl methyl sites for hydroxylation is 1. The number of halogens is 1. The zero-order valence-electron chi connectivity index (χ0n) is 12.0. The number of benzene rings is 1. The standard InChI is InChI=1S/C15H18FN3O2/c1-3-12(21-13-6-4-5-11(16)7-13)8-17-15(20)14-9-18-19-10(14)2/h4-7,9,12H,3,8H2,1-2H3,(H,17,20)(H,18,19)/t12-/m1/s1. The van der Waals surface area contributed by atoms with E-state index in [4.69, 9.17) is 4.74 Å². The van der Waals surface area contributed by atoms with Crippen LogP contribution in [-0.2, 0) is 0 Å². The van der Waals surface area contributed by atoms with Gasteiger partial charge >= 0.3 is 0 Å². The molecule has 2 rings (SSSR count). The Kier molecular flexibility index (Phi) is 4.92. The average molecular weight is 291 g/mol.